The summed E-state index contributed by atoms with van der Waals surface area (Å²) in [7, 11) is 0. The van der Waals surface area contributed by atoms with E-state index in [2.05, 4.69) is 12.0 Å². The molecule has 0 aromatic carbocycles. The van der Waals surface area contributed by atoms with Crippen molar-refractivity contribution < 1.29 is 4.79 Å². The Balaban J connectivity index is 2.18. The predicted molar refractivity (Wildman–Crippen MR) is 68.2 cm³/mol. The lowest BCUT2D eigenvalue weighted by molar-refractivity contribution is -0.138. The molecule has 1 saturated heterocycles. The van der Waals surface area contributed by atoms with Gasteiger partial charge in [-0.05, 0) is 39.2 Å². The monoisotopic (exact) mass is 249 g/mol. The van der Waals surface area contributed by atoms with E-state index in [9.17, 15) is 9.59 Å². The summed E-state index contributed by atoms with van der Waals surface area (Å²) in [5, 5.41) is 3.98. The van der Waals surface area contributed by atoms with Crippen LogP contribution in [0.25, 0.3) is 0 Å². The molecule has 0 radical (unpaired) electrons. The molecule has 0 aliphatic carbocycles. The highest BCUT2D eigenvalue weighted by molar-refractivity contribution is 5.80. The summed E-state index contributed by atoms with van der Waals surface area (Å²) < 4.78 is 1.25. The van der Waals surface area contributed by atoms with Crippen LogP contribution in [0, 0.1) is 0 Å². The first-order chi connectivity index (χ1) is 8.61. The molecule has 1 amide bonds. The fraction of sp³-hybridized carbons (Fsp3) is 0.615. The van der Waals surface area contributed by atoms with Gasteiger partial charge in [0.05, 0.1) is 0 Å². The van der Waals surface area contributed by atoms with Crippen molar-refractivity contribution in [1.82, 2.24) is 14.7 Å². The highest BCUT2D eigenvalue weighted by atomic mass is 16.2. The summed E-state index contributed by atoms with van der Waals surface area (Å²) in [5.74, 6) is -0.0111. The van der Waals surface area contributed by atoms with Crippen LogP contribution in [-0.4, -0.2) is 33.2 Å². The molecule has 0 bridgehead atoms. The average molecular weight is 249 g/mol. The molecule has 0 spiro atoms. The molecule has 0 saturated carbocycles. The molecule has 5 heteroatoms. The second-order valence-electron chi connectivity index (χ2n) is 4.86. The lowest BCUT2D eigenvalue weighted by Gasteiger charge is -2.35. The van der Waals surface area contributed by atoms with Crippen molar-refractivity contribution in [2.75, 3.05) is 6.54 Å². The number of amides is 1. The van der Waals surface area contributed by atoms with Crippen molar-refractivity contribution in [2.45, 2.75) is 45.2 Å². The molecule has 5 nitrogen and oxygen atoms in total. The first kappa shape index (κ1) is 12.8. The Morgan fingerprint density at radius 3 is 2.94 bits per heavy atom. The highest BCUT2D eigenvalue weighted by Gasteiger charge is 2.28. The zero-order valence-electron chi connectivity index (χ0n) is 10.9. The fourth-order valence-corrected chi connectivity index (χ4v) is 2.43. The van der Waals surface area contributed by atoms with Gasteiger partial charge in [0.15, 0.2) is 0 Å². The van der Waals surface area contributed by atoms with Crippen molar-refractivity contribution in [1.29, 1.82) is 0 Å². The summed E-state index contributed by atoms with van der Waals surface area (Å²) in [6.45, 7) is 4.58. The maximum Gasteiger partial charge on any atom is 0.267 e. The molecule has 2 unspecified atom stereocenters. The van der Waals surface area contributed by atoms with Crippen LogP contribution >= 0.6 is 0 Å². The van der Waals surface area contributed by atoms with Crippen LogP contribution in [0.1, 0.15) is 39.2 Å². The number of hydrogen-bond donors (Lipinski definition) is 0. The third-order valence-corrected chi connectivity index (χ3v) is 3.55. The minimum atomic E-state index is -0.528. The Hall–Kier alpha value is -1.65. The molecule has 0 N–H and O–H groups in total. The standard InChI is InChI=1S/C13H19N3O2/c1-10-6-3-4-9-15(10)13(18)11(2)16-12(17)7-5-8-14-16/h5,7-8,10-11H,3-4,6,9H2,1-2H3. The molecule has 2 rings (SSSR count). The summed E-state index contributed by atoms with van der Waals surface area (Å²) >= 11 is 0. The first-order valence-corrected chi connectivity index (χ1v) is 6.45. The maximum absolute atomic E-state index is 12.4. The number of aromatic nitrogens is 2. The molecule has 1 aliphatic heterocycles. The summed E-state index contributed by atoms with van der Waals surface area (Å²) in [6.07, 6.45) is 4.78. The van der Waals surface area contributed by atoms with Crippen LogP contribution in [0.15, 0.2) is 23.1 Å². The van der Waals surface area contributed by atoms with Crippen molar-refractivity contribution in [2.24, 2.45) is 0 Å². The Morgan fingerprint density at radius 1 is 1.50 bits per heavy atom. The maximum atomic E-state index is 12.4. The molecular weight excluding hydrogens is 230 g/mol. The van der Waals surface area contributed by atoms with E-state index in [4.69, 9.17) is 0 Å². The summed E-state index contributed by atoms with van der Waals surface area (Å²) in [6, 6.07) is 2.74. The zero-order chi connectivity index (χ0) is 13.1. The van der Waals surface area contributed by atoms with Gasteiger partial charge >= 0.3 is 0 Å². The largest absolute Gasteiger partial charge is 0.338 e. The summed E-state index contributed by atoms with van der Waals surface area (Å²) in [5.41, 5.74) is -0.233. The van der Waals surface area contributed by atoms with E-state index in [0.29, 0.717) is 0 Å². The zero-order valence-corrected chi connectivity index (χ0v) is 10.9. The van der Waals surface area contributed by atoms with Gasteiger partial charge in [0.1, 0.15) is 6.04 Å². The number of nitrogens with zero attached hydrogens (tertiary/aromatic N) is 3. The minimum absolute atomic E-state index is 0.0111. The number of carbonyl (C=O) groups excluding carboxylic acids is 1. The topological polar surface area (TPSA) is 55.2 Å². The van der Waals surface area contributed by atoms with Crippen LogP contribution in [0.2, 0.25) is 0 Å². The molecule has 1 aliphatic rings. The van der Waals surface area contributed by atoms with Crippen molar-refractivity contribution in [3.63, 3.8) is 0 Å². The second-order valence-corrected chi connectivity index (χ2v) is 4.86. The van der Waals surface area contributed by atoms with Crippen LogP contribution in [0.3, 0.4) is 0 Å². The normalized spacial score (nSPS) is 21.7. The van der Waals surface area contributed by atoms with E-state index in [0.717, 1.165) is 19.4 Å². The van der Waals surface area contributed by atoms with E-state index in [1.165, 1.54) is 23.4 Å². The molecule has 2 heterocycles. The molecular formula is C13H19N3O2. The Morgan fingerprint density at radius 2 is 2.28 bits per heavy atom. The van der Waals surface area contributed by atoms with Gasteiger partial charge in [0.25, 0.3) is 5.56 Å². The van der Waals surface area contributed by atoms with E-state index in [1.54, 1.807) is 13.0 Å². The van der Waals surface area contributed by atoms with E-state index in [-0.39, 0.29) is 17.5 Å². The van der Waals surface area contributed by atoms with Gasteiger partial charge in [-0.2, -0.15) is 5.10 Å². The van der Waals surface area contributed by atoms with Gasteiger partial charge in [-0.15, -0.1) is 0 Å². The van der Waals surface area contributed by atoms with Gasteiger partial charge in [-0.25, -0.2) is 4.68 Å². The quantitative estimate of drug-likeness (QED) is 0.791. The average Bonchev–Trinajstić information content (AvgIpc) is 2.38. The van der Waals surface area contributed by atoms with Crippen molar-refractivity contribution in [3.05, 3.63) is 28.7 Å². The minimum Gasteiger partial charge on any atom is -0.338 e. The number of piperidine rings is 1. The lowest BCUT2D eigenvalue weighted by atomic mass is 10.0. The number of carbonyl (C=O) groups is 1. The van der Waals surface area contributed by atoms with Gasteiger partial charge in [-0.1, -0.05) is 0 Å². The first-order valence-electron chi connectivity index (χ1n) is 6.45. The van der Waals surface area contributed by atoms with Crippen LogP contribution < -0.4 is 5.56 Å². The van der Waals surface area contributed by atoms with Crippen molar-refractivity contribution >= 4 is 5.91 Å². The Labute approximate surface area is 106 Å². The molecule has 98 valence electrons. The third-order valence-electron chi connectivity index (χ3n) is 3.55. The molecule has 1 aromatic heterocycles. The Kier molecular flexibility index (Phi) is 3.79. The van der Waals surface area contributed by atoms with Crippen LogP contribution in [0.5, 0.6) is 0 Å². The summed E-state index contributed by atoms with van der Waals surface area (Å²) in [4.78, 5) is 25.9. The lowest BCUT2D eigenvalue weighted by Crippen LogP contribution is -2.46. The van der Waals surface area contributed by atoms with Gasteiger partial charge in [-0.3, -0.25) is 9.59 Å². The molecule has 2 atom stereocenters. The van der Waals surface area contributed by atoms with Gasteiger partial charge < -0.3 is 4.90 Å². The second kappa shape index (κ2) is 5.33. The fourth-order valence-electron chi connectivity index (χ4n) is 2.43. The molecule has 1 fully saturated rings. The van der Waals surface area contributed by atoms with Gasteiger partial charge in [0.2, 0.25) is 5.91 Å². The highest BCUT2D eigenvalue weighted by Crippen LogP contribution is 2.19. The number of likely N-dealkylation sites (tertiary alicyclic amines) is 1. The van der Waals surface area contributed by atoms with E-state index >= 15 is 0 Å². The SMILES string of the molecule is CC1CCCCN1C(=O)C(C)n1ncccc1=O. The van der Waals surface area contributed by atoms with E-state index < -0.39 is 6.04 Å². The van der Waals surface area contributed by atoms with Crippen LogP contribution in [-0.2, 0) is 4.79 Å². The predicted octanol–water partition coefficient (Wildman–Crippen LogP) is 1.21. The number of hydrogen-bond acceptors (Lipinski definition) is 3. The van der Waals surface area contributed by atoms with E-state index in [1.807, 2.05) is 4.90 Å². The third kappa shape index (κ3) is 2.44. The molecule has 18 heavy (non-hydrogen) atoms. The van der Waals surface area contributed by atoms with Crippen molar-refractivity contribution in [3.8, 4) is 0 Å². The number of rotatable bonds is 2. The van der Waals surface area contributed by atoms with Gasteiger partial charge in [0, 0.05) is 24.8 Å². The Bertz CT molecular complexity index is 483. The van der Waals surface area contributed by atoms with Crippen LogP contribution in [0.4, 0.5) is 0 Å². The molecule has 1 aromatic rings. The smallest absolute Gasteiger partial charge is 0.267 e.